The van der Waals surface area contributed by atoms with E-state index in [-0.39, 0.29) is 11.9 Å². The number of furan rings is 1. The average molecular weight is 361 g/mol. The lowest BCUT2D eigenvalue weighted by Crippen LogP contribution is -2.64. The summed E-state index contributed by atoms with van der Waals surface area (Å²) in [5.74, 6) is 0.803. The number of para-hydroxylation sites is 1. The Labute approximate surface area is 158 Å². The van der Waals surface area contributed by atoms with E-state index in [1.807, 2.05) is 48.7 Å². The van der Waals surface area contributed by atoms with Gasteiger partial charge in [0.25, 0.3) is 5.91 Å². The highest BCUT2D eigenvalue weighted by atomic mass is 16.3. The standard InChI is InChI=1S/C22H23N3O2/c26-22(20-13-16-5-1-2-7-19(16)27-20)24-21-15-8-11-25(12-9-15)18(21)14-17-6-3-4-10-23-17/h1-7,10,13,15,18,21H,8-9,11-12,14H2,(H,24,26). The van der Waals surface area contributed by atoms with Crippen LogP contribution in [0.5, 0.6) is 0 Å². The molecule has 6 rings (SSSR count). The van der Waals surface area contributed by atoms with Crippen molar-refractivity contribution >= 4 is 16.9 Å². The third-order valence-corrected chi connectivity index (χ3v) is 6.06. The Morgan fingerprint density at radius 2 is 1.96 bits per heavy atom. The van der Waals surface area contributed by atoms with Crippen LogP contribution in [0.3, 0.4) is 0 Å². The number of carbonyl (C=O) groups excluding carboxylic acids is 1. The second-order valence-corrected chi connectivity index (χ2v) is 7.61. The lowest BCUT2D eigenvalue weighted by molar-refractivity contribution is 0.0127. The second kappa shape index (κ2) is 6.82. The Hall–Kier alpha value is -2.66. The monoisotopic (exact) mass is 361 g/mol. The molecule has 2 bridgehead atoms. The Morgan fingerprint density at radius 3 is 2.74 bits per heavy atom. The van der Waals surface area contributed by atoms with E-state index in [2.05, 4.69) is 21.3 Å². The first kappa shape index (κ1) is 16.5. The van der Waals surface area contributed by atoms with Gasteiger partial charge in [-0.15, -0.1) is 0 Å². The molecule has 5 heteroatoms. The van der Waals surface area contributed by atoms with Crippen LogP contribution in [-0.4, -0.2) is 41.0 Å². The van der Waals surface area contributed by atoms with E-state index in [1.165, 1.54) is 0 Å². The molecular formula is C22H23N3O2. The molecule has 5 nitrogen and oxygen atoms in total. The summed E-state index contributed by atoms with van der Waals surface area (Å²) in [6, 6.07) is 16.0. The van der Waals surface area contributed by atoms with Crippen molar-refractivity contribution in [3.63, 3.8) is 0 Å². The van der Waals surface area contributed by atoms with Gasteiger partial charge in [0, 0.05) is 35.8 Å². The summed E-state index contributed by atoms with van der Waals surface area (Å²) in [6.07, 6.45) is 4.99. The molecule has 0 spiro atoms. The van der Waals surface area contributed by atoms with Gasteiger partial charge in [0.15, 0.2) is 5.76 Å². The van der Waals surface area contributed by atoms with Crippen LogP contribution in [-0.2, 0) is 6.42 Å². The fourth-order valence-electron chi connectivity index (χ4n) is 4.67. The molecule has 0 saturated carbocycles. The molecular weight excluding hydrogens is 338 g/mol. The van der Waals surface area contributed by atoms with Crippen LogP contribution < -0.4 is 5.32 Å². The smallest absolute Gasteiger partial charge is 0.287 e. The minimum atomic E-state index is -0.115. The third kappa shape index (κ3) is 3.12. The minimum Gasteiger partial charge on any atom is -0.451 e. The first-order valence-corrected chi connectivity index (χ1v) is 9.71. The summed E-state index contributed by atoms with van der Waals surface area (Å²) in [5.41, 5.74) is 1.83. The number of hydrogen-bond acceptors (Lipinski definition) is 4. The van der Waals surface area contributed by atoms with E-state index in [0.29, 0.717) is 17.7 Å². The molecule has 3 aliphatic heterocycles. The number of amides is 1. The van der Waals surface area contributed by atoms with E-state index in [4.69, 9.17) is 4.42 Å². The molecule has 3 aromatic rings. The average Bonchev–Trinajstić information content (AvgIpc) is 3.16. The lowest BCUT2D eigenvalue weighted by Gasteiger charge is -2.51. The van der Waals surface area contributed by atoms with Gasteiger partial charge in [-0.3, -0.25) is 14.7 Å². The van der Waals surface area contributed by atoms with Crippen molar-refractivity contribution in [3.05, 3.63) is 66.2 Å². The molecule has 2 atom stereocenters. The van der Waals surface area contributed by atoms with Gasteiger partial charge in [-0.05, 0) is 56.1 Å². The maximum absolute atomic E-state index is 12.9. The number of nitrogens with zero attached hydrogens (tertiary/aromatic N) is 2. The SMILES string of the molecule is O=C(NC1C2CCN(CC2)C1Cc1ccccn1)c1cc2ccccc2o1. The van der Waals surface area contributed by atoms with Gasteiger partial charge in [-0.25, -0.2) is 0 Å². The van der Waals surface area contributed by atoms with Gasteiger partial charge >= 0.3 is 0 Å². The van der Waals surface area contributed by atoms with Crippen LogP contribution >= 0.6 is 0 Å². The van der Waals surface area contributed by atoms with Gasteiger partial charge in [-0.1, -0.05) is 24.3 Å². The molecule has 3 fully saturated rings. The van der Waals surface area contributed by atoms with Crippen LogP contribution in [0.15, 0.2) is 59.1 Å². The van der Waals surface area contributed by atoms with Gasteiger partial charge < -0.3 is 9.73 Å². The number of fused-ring (bicyclic) bond motifs is 4. The van der Waals surface area contributed by atoms with Gasteiger partial charge in [0.2, 0.25) is 0 Å². The summed E-state index contributed by atoms with van der Waals surface area (Å²) in [6.45, 7) is 2.22. The zero-order valence-electron chi connectivity index (χ0n) is 15.2. The maximum Gasteiger partial charge on any atom is 0.287 e. The summed E-state index contributed by atoms with van der Waals surface area (Å²) >= 11 is 0. The molecule has 1 amide bonds. The van der Waals surface area contributed by atoms with Crippen LogP contribution in [0, 0.1) is 5.92 Å². The highest BCUT2D eigenvalue weighted by Crippen LogP contribution is 2.34. The van der Waals surface area contributed by atoms with Crippen molar-refractivity contribution in [2.24, 2.45) is 5.92 Å². The van der Waals surface area contributed by atoms with Crippen LogP contribution in [0.25, 0.3) is 11.0 Å². The highest BCUT2D eigenvalue weighted by Gasteiger charge is 2.43. The molecule has 1 N–H and O–H groups in total. The molecule has 2 unspecified atom stereocenters. The van der Waals surface area contributed by atoms with Crippen molar-refractivity contribution in [1.82, 2.24) is 15.2 Å². The molecule has 0 aliphatic carbocycles. The van der Waals surface area contributed by atoms with Crippen molar-refractivity contribution in [2.75, 3.05) is 13.1 Å². The summed E-state index contributed by atoms with van der Waals surface area (Å²) in [5, 5.41) is 4.26. The molecule has 5 heterocycles. The normalized spacial score (nSPS) is 27.0. The largest absolute Gasteiger partial charge is 0.451 e. The summed E-state index contributed by atoms with van der Waals surface area (Å²) in [7, 11) is 0. The van der Waals surface area contributed by atoms with Gasteiger partial charge in [0.05, 0.1) is 0 Å². The number of rotatable bonds is 4. The molecule has 3 saturated heterocycles. The van der Waals surface area contributed by atoms with E-state index < -0.39 is 0 Å². The first-order valence-electron chi connectivity index (χ1n) is 9.71. The number of pyridine rings is 1. The fraction of sp³-hybridized carbons (Fsp3) is 0.364. The zero-order valence-corrected chi connectivity index (χ0v) is 15.2. The fourth-order valence-corrected chi connectivity index (χ4v) is 4.67. The van der Waals surface area contributed by atoms with Gasteiger partial charge in [0.1, 0.15) is 5.58 Å². The number of hydrogen-bond donors (Lipinski definition) is 1. The van der Waals surface area contributed by atoms with Crippen LogP contribution in [0.4, 0.5) is 0 Å². The Kier molecular flexibility index (Phi) is 4.17. The van der Waals surface area contributed by atoms with Crippen molar-refractivity contribution in [1.29, 1.82) is 0 Å². The van der Waals surface area contributed by atoms with E-state index in [0.717, 1.165) is 49.0 Å². The Morgan fingerprint density at radius 1 is 1.15 bits per heavy atom. The van der Waals surface area contributed by atoms with Gasteiger partial charge in [-0.2, -0.15) is 0 Å². The molecule has 1 aromatic carbocycles. The molecule has 138 valence electrons. The zero-order chi connectivity index (χ0) is 18.2. The Balaban J connectivity index is 1.38. The number of piperidine rings is 3. The first-order chi connectivity index (χ1) is 13.3. The van der Waals surface area contributed by atoms with E-state index in [9.17, 15) is 4.79 Å². The lowest BCUT2D eigenvalue weighted by atomic mass is 9.77. The van der Waals surface area contributed by atoms with E-state index >= 15 is 0 Å². The summed E-state index contributed by atoms with van der Waals surface area (Å²) in [4.78, 5) is 19.9. The van der Waals surface area contributed by atoms with Crippen molar-refractivity contribution < 1.29 is 9.21 Å². The molecule has 27 heavy (non-hydrogen) atoms. The predicted molar refractivity (Wildman–Crippen MR) is 103 cm³/mol. The number of benzene rings is 1. The predicted octanol–water partition coefficient (Wildman–Crippen LogP) is 3.26. The molecule has 2 aromatic heterocycles. The quantitative estimate of drug-likeness (QED) is 0.775. The topological polar surface area (TPSA) is 58.4 Å². The molecule has 3 aliphatic rings. The summed E-state index contributed by atoms with van der Waals surface area (Å²) < 4.78 is 5.77. The highest BCUT2D eigenvalue weighted by molar-refractivity contribution is 5.96. The third-order valence-electron chi connectivity index (χ3n) is 6.06. The van der Waals surface area contributed by atoms with E-state index in [1.54, 1.807) is 0 Å². The van der Waals surface area contributed by atoms with Crippen LogP contribution in [0.1, 0.15) is 29.1 Å². The Bertz CT molecular complexity index is 911. The van der Waals surface area contributed by atoms with Crippen molar-refractivity contribution in [2.45, 2.75) is 31.3 Å². The van der Waals surface area contributed by atoms with Crippen LogP contribution in [0.2, 0.25) is 0 Å². The number of carbonyl (C=O) groups is 1. The molecule has 0 radical (unpaired) electrons. The number of nitrogens with one attached hydrogen (secondary N) is 1. The number of aromatic nitrogens is 1. The second-order valence-electron chi connectivity index (χ2n) is 7.61. The maximum atomic E-state index is 12.9. The minimum absolute atomic E-state index is 0.115. The van der Waals surface area contributed by atoms with Crippen molar-refractivity contribution in [3.8, 4) is 0 Å².